The first-order chi connectivity index (χ1) is 16.7. The summed E-state index contributed by atoms with van der Waals surface area (Å²) in [7, 11) is 0. The molecule has 0 saturated carbocycles. The van der Waals surface area contributed by atoms with Crippen LogP contribution in [-0.4, -0.2) is 62.2 Å². The number of carbonyl (C=O) groups is 1. The number of carbonyl (C=O) groups excluding carboxylic acids is 1. The lowest BCUT2D eigenvalue weighted by molar-refractivity contribution is -0.122. The Morgan fingerprint density at radius 1 is 0.824 bits per heavy atom. The van der Waals surface area contributed by atoms with Crippen LogP contribution in [0.15, 0.2) is 0 Å². The first kappa shape index (κ1) is 31.3. The van der Waals surface area contributed by atoms with E-state index in [1.54, 1.807) is 0 Å². The summed E-state index contributed by atoms with van der Waals surface area (Å²) >= 11 is 0. The van der Waals surface area contributed by atoms with Crippen molar-refractivity contribution in [3.8, 4) is 0 Å². The maximum absolute atomic E-state index is 12.0. The van der Waals surface area contributed by atoms with Gasteiger partial charge in [0.2, 0.25) is 5.91 Å². The Bertz CT molecular complexity index is 454. The van der Waals surface area contributed by atoms with E-state index in [-0.39, 0.29) is 5.91 Å². The molecule has 1 heterocycles. The Kier molecular flexibility index (Phi) is 21.0. The summed E-state index contributed by atoms with van der Waals surface area (Å²) in [5.74, 6) is -0.0219. The molecule has 1 fully saturated rings. The third-order valence-corrected chi connectivity index (χ3v) is 7.33. The van der Waals surface area contributed by atoms with Crippen LogP contribution in [0.1, 0.15) is 122 Å². The Labute approximate surface area is 211 Å². The van der Waals surface area contributed by atoms with E-state index in [1.807, 2.05) is 0 Å². The second-order valence-electron chi connectivity index (χ2n) is 10.5. The molecule has 0 aromatic carbocycles. The fourth-order valence-corrected chi connectivity index (χ4v) is 4.92. The van der Waals surface area contributed by atoms with Gasteiger partial charge in [-0.3, -0.25) is 4.79 Å². The van der Waals surface area contributed by atoms with Crippen LogP contribution in [0.25, 0.3) is 0 Å². The average molecular weight is 482 g/mol. The van der Waals surface area contributed by atoms with Crippen molar-refractivity contribution in [1.29, 1.82) is 0 Å². The predicted octanol–water partition coefficient (Wildman–Crippen LogP) is 4.70. The number of nitrogens with zero attached hydrogens (tertiary/aromatic N) is 1. The molecule has 1 aliphatic heterocycles. The van der Waals surface area contributed by atoms with E-state index in [0.717, 1.165) is 38.9 Å². The number of nitrogens with two attached hydrogens (primary N) is 2. The monoisotopic (exact) mass is 481 g/mol. The van der Waals surface area contributed by atoms with Gasteiger partial charge in [-0.2, -0.15) is 0 Å². The molecule has 34 heavy (non-hydrogen) atoms. The second kappa shape index (κ2) is 22.8. The van der Waals surface area contributed by atoms with Crippen molar-refractivity contribution in [3.63, 3.8) is 0 Å². The van der Waals surface area contributed by atoms with Crippen LogP contribution in [0, 0.1) is 0 Å². The van der Waals surface area contributed by atoms with Crippen molar-refractivity contribution < 1.29 is 4.79 Å². The lowest BCUT2D eigenvalue weighted by Gasteiger charge is -2.32. The molecule has 0 aromatic rings. The maximum atomic E-state index is 12.0. The summed E-state index contributed by atoms with van der Waals surface area (Å²) in [6, 6.07) is 0.269. The lowest BCUT2D eigenvalue weighted by atomic mass is 10.0. The number of rotatable bonds is 23. The number of unbranched alkanes of at least 4 members (excludes halogenated alkanes) is 13. The fraction of sp³-hybridized carbons (Fsp3) is 0.964. The minimum Gasteiger partial charge on any atom is -0.353 e. The number of likely N-dealkylation sites (tertiary alicyclic amines) is 1. The lowest BCUT2D eigenvalue weighted by Crippen LogP contribution is -2.47. The number of amides is 1. The van der Waals surface area contributed by atoms with Crippen LogP contribution in [0.5, 0.6) is 0 Å². The Hall–Kier alpha value is -0.690. The van der Waals surface area contributed by atoms with Crippen molar-refractivity contribution in [2.75, 3.05) is 39.3 Å². The van der Waals surface area contributed by atoms with Crippen molar-refractivity contribution in [1.82, 2.24) is 15.5 Å². The van der Waals surface area contributed by atoms with E-state index in [1.165, 1.54) is 103 Å². The molecule has 1 saturated heterocycles. The summed E-state index contributed by atoms with van der Waals surface area (Å²) in [5.41, 5.74) is 11.4. The van der Waals surface area contributed by atoms with E-state index in [0.29, 0.717) is 19.1 Å². The summed E-state index contributed by atoms with van der Waals surface area (Å²) in [4.78, 5) is 14.5. The number of nitrogens with one attached hydrogen (secondary N) is 2. The normalized spacial score (nSPS) is 16.1. The molecule has 1 rings (SSSR count). The van der Waals surface area contributed by atoms with E-state index in [2.05, 4.69) is 22.5 Å². The molecule has 0 bridgehead atoms. The first-order valence-corrected chi connectivity index (χ1v) is 14.9. The smallest absolute Gasteiger partial charge is 0.236 e. The first-order valence-electron chi connectivity index (χ1n) is 14.9. The number of hydrogen-bond donors (Lipinski definition) is 4. The molecule has 202 valence electrons. The minimum atomic E-state index is -0.397. The molecule has 6 N–H and O–H groups in total. The van der Waals surface area contributed by atoms with Gasteiger partial charge >= 0.3 is 0 Å². The Morgan fingerprint density at radius 2 is 1.38 bits per heavy atom. The molecular formula is C28H59N5O. The van der Waals surface area contributed by atoms with Gasteiger partial charge < -0.3 is 27.0 Å². The van der Waals surface area contributed by atoms with Gasteiger partial charge in [0.25, 0.3) is 0 Å². The highest BCUT2D eigenvalue weighted by Gasteiger charge is 2.19. The van der Waals surface area contributed by atoms with Gasteiger partial charge in [0, 0.05) is 19.1 Å². The third-order valence-electron chi connectivity index (χ3n) is 7.33. The SMILES string of the molecule is CCCCCCCCCCCCCCCNC1CCN(CCNC(=O)[C@@H](N)CCCCN)CC1. The highest BCUT2D eigenvalue weighted by molar-refractivity contribution is 5.81. The van der Waals surface area contributed by atoms with Crippen molar-refractivity contribution in [2.45, 2.75) is 135 Å². The third kappa shape index (κ3) is 17.7. The van der Waals surface area contributed by atoms with Crippen LogP contribution in [-0.2, 0) is 4.79 Å². The van der Waals surface area contributed by atoms with Crippen LogP contribution in [0.3, 0.4) is 0 Å². The van der Waals surface area contributed by atoms with Crippen molar-refractivity contribution in [2.24, 2.45) is 11.5 Å². The quantitative estimate of drug-likeness (QED) is 0.159. The zero-order valence-electron chi connectivity index (χ0n) is 22.6. The Morgan fingerprint density at radius 3 is 1.94 bits per heavy atom. The standard InChI is InChI=1S/C28H59N5O/c1-2-3-4-5-6-7-8-9-10-11-12-13-16-21-31-26-18-23-33(24-19-26)25-22-32-28(34)27(30)17-14-15-20-29/h26-27,31H,2-25,29-30H2,1H3,(H,32,34)/t27-/m0/s1. The van der Waals surface area contributed by atoms with Gasteiger partial charge in [-0.05, 0) is 58.3 Å². The summed E-state index contributed by atoms with van der Waals surface area (Å²) in [6.45, 7) is 7.98. The molecular weight excluding hydrogens is 422 g/mol. The van der Waals surface area contributed by atoms with E-state index >= 15 is 0 Å². The zero-order chi connectivity index (χ0) is 24.7. The summed E-state index contributed by atoms with van der Waals surface area (Å²) in [6.07, 6.45) is 23.4. The van der Waals surface area contributed by atoms with E-state index in [4.69, 9.17) is 11.5 Å². The van der Waals surface area contributed by atoms with E-state index < -0.39 is 6.04 Å². The van der Waals surface area contributed by atoms with Gasteiger partial charge in [-0.1, -0.05) is 90.4 Å². The maximum Gasteiger partial charge on any atom is 0.236 e. The van der Waals surface area contributed by atoms with Crippen LogP contribution in [0.4, 0.5) is 0 Å². The highest BCUT2D eigenvalue weighted by atomic mass is 16.2. The topological polar surface area (TPSA) is 96.4 Å². The minimum absolute atomic E-state index is 0.0219. The van der Waals surface area contributed by atoms with Crippen molar-refractivity contribution in [3.05, 3.63) is 0 Å². The second-order valence-corrected chi connectivity index (χ2v) is 10.5. The molecule has 0 unspecified atom stereocenters. The molecule has 6 heteroatoms. The molecule has 1 aliphatic rings. The predicted molar refractivity (Wildman–Crippen MR) is 147 cm³/mol. The molecule has 1 atom stereocenters. The molecule has 0 radical (unpaired) electrons. The van der Waals surface area contributed by atoms with Crippen LogP contribution in [0.2, 0.25) is 0 Å². The van der Waals surface area contributed by atoms with Gasteiger partial charge in [-0.15, -0.1) is 0 Å². The molecule has 1 amide bonds. The highest BCUT2D eigenvalue weighted by Crippen LogP contribution is 2.13. The van der Waals surface area contributed by atoms with Crippen molar-refractivity contribution >= 4 is 5.91 Å². The van der Waals surface area contributed by atoms with Crippen LogP contribution < -0.4 is 22.1 Å². The number of piperidine rings is 1. The fourth-order valence-electron chi connectivity index (χ4n) is 4.92. The van der Waals surface area contributed by atoms with Gasteiger partial charge in [0.1, 0.15) is 0 Å². The van der Waals surface area contributed by atoms with Gasteiger partial charge in [0.15, 0.2) is 0 Å². The van der Waals surface area contributed by atoms with E-state index in [9.17, 15) is 4.79 Å². The van der Waals surface area contributed by atoms with Crippen LogP contribution >= 0.6 is 0 Å². The molecule has 0 aromatic heterocycles. The molecule has 0 aliphatic carbocycles. The molecule has 6 nitrogen and oxygen atoms in total. The molecule has 0 spiro atoms. The Balaban J connectivity index is 1.86. The van der Waals surface area contributed by atoms with Gasteiger partial charge in [-0.25, -0.2) is 0 Å². The zero-order valence-corrected chi connectivity index (χ0v) is 22.6. The largest absolute Gasteiger partial charge is 0.353 e. The summed E-state index contributed by atoms with van der Waals surface area (Å²) < 4.78 is 0. The average Bonchev–Trinajstić information content (AvgIpc) is 2.85. The summed E-state index contributed by atoms with van der Waals surface area (Å²) in [5, 5.41) is 6.77. The van der Waals surface area contributed by atoms with Gasteiger partial charge in [0.05, 0.1) is 6.04 Å². The number of hydrogen-bond acceptors (Lipinski definition) is 5.